The molecule has 0 radical (unpaired) electrons. The first-order chi connectivity index (χ1) is 12.3. The van der Waals surface area contributed by atoms with Crippen LogP contribution in [0.15, 0.2) is 91.0 Å². The first-order valence-corrected chi connectivity index (χ1v) is 10.5. The van der Waals surface area contributed by atoms with Crippen molar-refractivity contribution in [1.82, 2.24) is 5.32 Å². The van der Waals surface area contributed by atoms with Gasteiger partial charge in [0.15, 0.2) is 0 Å². The highest BCUT2D eigenvalue weighted by Crippen LogP contribution is 2.33. The van der Waals surface area contributed by atoms with Gasteiger partial charge in [-0.15, -0.1) is 0 Å². The lowest BCUT2D eigenvalue weighted by atomic mass is 10.1. The Kier molecular flexibility index (Phi) is 6.79. The second-order valence-corrected chi connectivity index (χ2v) is 8.60. The quantitative estimate of drug-likeness (QED) is 0.453. The van der Waals surface area contributed by atoms with Crippen LogP contribution in [-0.2, 0) is 0 Å². The average Bonchev–Trinajstić information content (AvgIpc) is 2.70. The second kappa shape index (κ2) is 9.51. The fourth-order valence-corrected chi connectivity index (χ4v) is 5.39. The van der Waals surface area contributed by atoms with E-state index in [9.17, 15) is 0 Å². The van der Waals surface area contributed by atoms with Crippen LogP contribution >= 0.6 is 7.92 Å². The number of hydrogen-bond donors (Lipinski definition) is 1. The number of nitrogens with one attached hydrogen (secondary N) is 1. The molecule has 3 aromatic rings. The van der Waals surface area contributed by atoms with Crippen molar-refractivity contribution in [3.63, 3.8) is 0 Å². The van der Waals surface area contributed by atoms with E-state index in [0.29, 0.717) is 6.04 Å². The van der Waals surface area contributed by atoms with Crippen LogP contribution in [0.3, 0.4) is 0 Å². The molecule has 0 aliphatic rings. The number of hydrogen-bond acceptors (Lipinski definition) is 1. The van der Waals surface area contributed by atoms with Crippen LogP contribution in [0, 0.1) is 0 Å². The summed E-state index contributed by atoms with van der Waals surface area (Å²) in [5.74, 6) is 0. The molecule has 0 fully saturated rings. The highest BCUT2D eigenvalue weighted by Gasteiger charge is 2.13. The maximum absolute atomic E-state index is 3.67. The van der Waals surface area contributed by atoms with Gasteiger partial charge in [-0.05, 0) is 50.1 Å². The number of benzene rings is 3. The summed E-state index contributed by atoms with van der Waals surface area (Å²) in [7, 11) is -0.276. The standard InChI is InChI=1S/C23H26NP/c1-20(21-12-5-2-6-13-21)24-18-11-19-25(22-14-7-3-8-15-22)23-16-9-4-10-17-23/h2-10,12-17,20,24H,11,18-19H2,1H3. The molecule has 0 aliphatic heterocycles. The molecule has 3 aromatic carbocycles. The zero-order valence-electron chi connectivity index (χ0n) is 14.8. The van der Waals surface area contributed by atoms with E-state index >= 15 is 0 Å². The third-order valence-corrected chi connectivity index (χ3v) is 7.05. The minimum Gasteiger partial charge on any atom is -0.310 e. The van der Waals surface area contributed by atoms with Gasteiger partial charge in [0.25, 0.3) is 0 Å². The molecule has 1 N–H and O–H groups in total. The Balaban J connectivity index is 1.58. The Morgan fingerprint density at radius 3 is 1.72 bits per heavy atom. The van der Waals surface area contributed by atoms with Crippen molar-refractivity contribution in [2.24, 2.45) is 0 Å². The predicted octanol–water partition coefficient (Wildman–Crippen LogP) is 4.86. The van der Waals surface area contributed by atoms with E-state index in [-0.39, 0.29) is 7.92 Å². The van der Waals surface area contributed by atoms with Crippen molar-refractivity contribution in [3.8, 4) is 0 Å². The highest BCUT2D eigenvalue weighted by molar-refractivity contribution is 7.73. The normalized spacial score (nSPS) is 12.2. The topological polar surface area (TPSA) is 12.0 Å². The summed E-state index contributed by atoms with van der Waals surface area (Å²) in [4.78, 5) is 0. The Hall–Kier alpha value is -1.95. The van der Waals surface area contributed by atoms with E-state index in [1.165, 1.54) is 28.8 Å². The fraction of sp³-hybridized carbons (Fsp3) is 0.217. The molecule has 0 saturated carbocycles. The molecule has 0 spiro atoms. The lowest BCUT2D eigenvalue weighted by Crippen LogP contribution is -2.22. The van der Waals surface area contributed by atoms with E-state index in [1.54, 1.807) is 0 Å². The van der Waals surface area contributed by atoms with Gasteiger partial charge in [0.2, 0.25) is 0 Å². The average molecular weight is 347 g/mol. The molecule has 1 nitrogen and oxygen atoms in total. The molecule has 0 aromatic heterocycles. The molecule has 0 aliphatic carbocycles. The first kappa shape index (κ1) is 17.9. The molecule has 0 heterocycles. The van der Waals surface area contributed by atoms with Crippen molar-refractivity contribution in [3.05, 3.63) is 96.6 Å². The van der Waals surface area contributed by atoms with Crippen LogP contribution in [-0.4, -0.2) is 12.7 Å². The Morgan fingerprint density at radius 2 is 1.20 bits per heavy atom. The van der Waals surface area contributed by atoms with Crippen LogP contribution in [0.25, 0.3) is 0 Å². The van der Waals surface area contributed by atoms with Gasteiger partial charge in [0.1, 0.15) is 0 Å². The molecular formula is C23H26NP. The minimum absolute atomic E-state index is 0.276. The highest BCUT2D eigenvalue weighted by atomic mass is 31.1. The predicted molar refractivity (Wildman–Crippen MR) is 111 cm³/mol. The molecular weight excluding hydrogens is 321 g/mol. The van der Waals surface area contributed by atoms with Crippen LogP contribution in [0.2, 0.25) is 0 Å². The maximum atomic E-state index is 3.67. The smallest absolute Gasteiger partial charge is 0.0291 e. The molecule has 2 heteroatoms. The Bertz CT molecular complexity index is 688. The fourth-order valence-electron chi connectivity index (χ4n) is 3.04. The summed E-state index contributed by atoms with van der Waals surface area (Å²) in [5.41, 5.74) is 1.36. The summed E-state index contributed by atoms with van der Waals surface area (Å²) in [6, 6.07) is 33.0. The zero-order valence-corrected chi connectivity index (χ0v) is 15.7. The van der Waals surface area contributed by atoms with E-state index in [2.05, 4.69) is 103 Å². The van der Waals surface area contributed by atoms with Gasteiger partial charge in [0, 0.05) is 6.04 Å². The van der Waals surface area contributed by atoms with Crippen molar-refractivity contribution in [2.45, 2.75) is 19.4 Å². The third kappa shape index (κ3) is 5.26. The van der Waals surface area contributed by atoms with E-state index in [4.69, 9.17) is 0 Å². The van der Waals surface area contributed by atoms with Crippen LogP contribution < -0.4 is 15.9 Å². The van der Waals surface area contributed by atoms with Gasteiger partial charge >= 0.3 is 0 Å². The third-order valence-electron chi connectivity index (χ3n) is 4.44. The van der Waals surface area contributed by atoms with Crippen LogP contribution in [0.4, 0.5) is 0 Å². The molecule has 25 heavy (non-hydrogen) atoms. The van der Waals surface area contributed by atoms with Crippen molar-refractivity contribution >= 4 is 18.5 Å². The lowest BCUT2D eigenvalue weighted by molar-refractivity contribution is 0.572. The molecule has 1 atom stereocenters. The van der Waals surface area contributed by atoms with Crippen LogP contribution in [0.1, 0.15) is 24.9 Å². The second-order valence-electron chi connectivity index (χ2n) is 6.26. The van der Waals surface area contributed by atoms with Gasteiger partial charge < -0.3 is 5.32 Å². The van der Waals surface area contributed by atoms with Crippen molar-refractivity contribution in [2.75, 3.05) is 12.7 Å². The SMILES string of the molecule is CC(NCCCP(c1ccccc1)c1ccccc1)c1ccccc1. The largest absolute Gasteiger partial charge is 0.310 e. The monoisotopic (exact) mass is 347 g/mol. The van der Waals surface area contributed by atoms with Crippen molar-refractivity contribution < 1.29 is 0 Å². The molecule has 0 amide bonds. The first-order valence-electron chi connectivity index (χ1n) is 9.00. The lowest BCUT2D eigenvalue weighted by Gasteiger charge is -2.20. The molecule has 0 bridgehead atoms. The molecule has 128 valence electrons. The summed E-state index contributed by atoms with van der Waals surface area (Å²) in [6.07, 6.45) is 2.41. The van der Waals surface area contributed by atoms with E-state index in [1.807, 2.05) is 0 Å². The summed E-state index contributed by atoms with van der Waals surface area (Å²) in [6.45, 7) is 3.29. The van der Waals surface area contributed by atoms with Gasteiger partial charge in [-0.1, -0.05) is 91.0 Å². The van der Waals surface area contributed by atoms with Crippen LogP contribution in [0.5, 0.6) is 0 Å². The molecule has 3 rings (SSSR count). The van der Waals surface area contributed by atoms with Gasteiger partial charge in [-0.25, -0.2) is 0 Å². The van der Waals surface area contributed by atoms with Gasteiger partial charge in [-0.3, -0.25) is 0 Å². The summed E-state index contributed by atoms with van der Waals surface area (Å²) >= 11 is 0. The van der Waals surface area contributed by atoms with Crippen molar-refractivity contribution in [1.29, 1.82) is 0 Å². The molecule has 0 saturated heterocycles. The van der Waals surface area contributed by atoms with Gasteiger partial charge in [-0.2, -0.15) is 0 Å². The number of rotatable bonds is 8. The summed E-state index contributed by atoms with van der Waals surface area (Å²) in [5, 5.41) is 6.61. The maximum Gasteiger partial charge on any atom is 0.0291 e. The van der Waals surface area contributed by atoms with E-state index < -0.39 is 0 Å². The molecule has 1 unspecified atom stereocenters. The Morgan fingerprint density at radius 1 is 0.720 bits per heavy atom. The summed E-state index contributed by atoms with van der Waals surface area (Å²) < 4.78 is 0. The van der Waals surface area contributed by atoms with E-state index in [0.717, 1.165) is 6.54 Å². The zero-order chi connectivity index (χ0) is 17.3. The van der Waals surface area contributed by atoms with Gasteiger partial charge in [0.05, 0.1) is 0 Å². The Labute approximate surface area is 152 Å². The minimum atomic E-state index is -0.276.